The fourth-order valence-electron chi connectivity index (χ4n) is 2.69. The van der Waals surface area contributed by atoms with Gasteiger partial charge in [-0.3, -0.25) is 9.69 Å². The Kier molecular flexibility index (Phi) is 6.44. The minimum absolute atomic E-state index is 0.0916. The van der Waals surface area contributed by atoms with Crippen molar-refractivity contribution in [1.29, 1.82) is 0 Å². The van der Waals surface area contributed by atoms with Crippen molar-refractivity contribution < 1.29 is 13.2 Å². The van der Waals surface area contributed by atoms with Gasteiger partial charge in [-0.25, -0.2) is 8.42 Å². The number of rotatable bonds is 6. The summed E-state index contributed by atoms with van der Waals surface area (Å²) >= 11 is 6.10. The lowest BCUT2D eigenvalue weighted by Gasteiger charge is -2.34. The number of piperazine rings is 1. The van der Waals surface area contributed by atoms with Crippen LogP contribution < -0.4 is 0 Å². The highest BCUT2D eigenvalue weighted by Gasteiger charge is 2.21. The molecule has 0 spiro atoms. The molecule has 0 bridgehead atoms. The number of amides is 1. The minimum atomic E-state index is -2.89. The number of halogens is 1. The van der Waals surface area contributed by atoms with Crippen molar-refractivity contribution in [3.63, 3.8) is 0 Å². The van der Waals surface area contributed by atoms with Crippen LogP contribution in [0.5, 0.6) is 0 Å². The molecule has 1 amide bonds. The van der Waals surface area contributed by atoms with Crippen LogP contribution in [0.15, 0.2) is 24.3 Å². The Bertz CT molecular complexity index is 640. The van der Waals surface area contributed by atoms with Crippen LogP contribution in [-0.2, 0) is 21.1 Å². The van der Waals surface area contributed by atoms with Crippen LogP contribution >= 0.6 is 11.6 Å². The molecular formula is C16H23ClN2O3S. The zero-order valence-corrected chi connectivity index (χ0v) is 14.9. The number of hydrogen-bond donors (Lipinski definition) is 0. The van der Waals surface area contributed by atoms with E-state index in [1.165, 1.54) is 6.26 Å². The van der Waals surface area contributed by atoms with Gasteiger partial charge in [0.05, 0.1) is 12.2 Å². The SMILES string of the molecule is CS(=O)(=O)CCCN1CCN(C(=O)Cc2ccccc2Cl)CC1. The van der Waals surface area contributed by atoms with E-state index in [0.717, 1.165) is 25.2 Å². The van der Waals surface area contributed by atoms with Gasteiger partial charge < -0.3 is 4.90 Å². The van der Waals surface area contributed by atoms with Gasteiger partial charge in [0, 0.05) is 37.5 Å². The second-order valence-corrected chi connectivity index (χ2v) is 8.64. The van der Waals surface area contributed by atoms with Crippen LogP contribution in [0.3, 0.4) is 0 Å². The highest BCUT2D eigenvalue weighted by atomic mass is 35.5. The summed E-state index contributed by atoms with van der Waals surface area (Å²) in [6, 6.07) is 7.41. The van der Waals surface area contributed by atoms with Crippen molar-refractivity contribution >= 4 is 27.3 Å². The highest BCUT2D eigenvalue weighted by molar-refractivity contribution is 7.90. The Labute approximate surface area is 143 Å². The minimum Gasteiger partial charge on any atom is -0.340 e. The van der Waals surface area contributed by atoms with Gasteiger partial charge in [-0.05, 0) is 24.6 Å². The summed E-state index contributed by atoms with van der Waals surface area (Å²) in [6.45, 7) is 3.71. The van der Waals surface area contributed by atoms with Gasteiger partial charge in [0.25, 0.3) is 0 Å². The first-order valence-corrected chi connectivity index (χ1v) is 10.2. The number of nitrogens with zero attached hydrogens (tertiary/aromatic N) is 2. The van der Waals surface area contributed by atoms with E-state index in [-0.39, 0.29) is 11.7 Å². The Balaban J connectivity index is 1.76. The van der Waals surface area contributed by atoms with Crippen molar-refractivity contribution in [3.8, 4) is 0 Å². The molecule has 0 radical (unpaired) electrons. The molecule has 1 aliphatic rings. The maximum absolute atomic E-state index is 12.3. The van der Waals surface area contributed by atoms with Gasteiger partial charge in [0.15, 0.2) is 0 Å². The first-order chi connectivity index (χ1) is 10.8. The fourth-order valence-corrected chi connectivity index (χ4v) is 3.54. The maximum Gasteiger partial charge on any atom is 0.227 e. The standard InChI is InChI=1S/C16H23ClN2O3S/c1-23(21,22)12-4-7-18-8-10-19(11-9-18)16(20)13-14-5-2-3-6-15(14)17/h2-3,5-6H,4,7-13H2,1H3. The van der Waals surface area contributed by atoms with Crippen molar-refractivity contribution in [3.05, 3.63) is 34.9 Å². The van der Waals surface area contributed by atoms with Gasteiger partial charge >= 0.3 is 0 Å². The third-order valence-electron chi connectivity index (χ3n) is 4.01. The lowest BCUT2D eigenvalue weighted by molar-refractivity contribution is -0.132. The first-order valence-electron chi connectivity index (χ1n) is 7.76. The predicted octanol–water partition coefficient (Wildman–Crippen LogP) is 1.46. The van der Waals surface area contributed by atoms with Gasteiger partial charge in [-0.1, -0.05) is 29.8 Å². The summed E-state index contributed by atoms with van der Waals surface area (Å²) in [6.07, 6.45) is 2.23. The largest absolute Gasteiger partial charge is 0.340 e. The summed E-state index contributed by atoms with van der Waals surface area (Å²) in [4.78, 5) is 16.4. The topological polar surface area (TPSA) is 57.7 Å². The molecule has 1 aliphatic heterocycles. The molecule has 0 N–H and O–H groups in total. The summed E-state index contributed by atoms with van der Waals surface area (Å²) < 4.78 is 22.3. The Morgan fingerprint density at radius 3 is 2.43 bits per heavy atom. The average molecular weight is 359 g/mol. The number of carbonyl (C=O) groups excluding carboxylic acids is 1. The molecule has 128 valence electrons. The van der Waals surface area contributed by atoms with Crippen LogP contribution in [0.4, 0.5) is 0 Å². The van der Waals surface area contributed by atoms with Crippen LogP contribution in [0.2, 0.25) is 5.02 Å². The smallest absolute Gasteiger partial charge is 0.227 e. The number of sulfone groups is 1. The molecule has 1 fully saturated rings. The molecule has 1 saturated heterocycles. The second-order valence-electron chi connectivity index (χ2n) is 5.97. The van der Waals surface area contributed by atoms with E-state index in [1.54, 1.807) is 6.07 Å². The summed E-state index contributed by atoms with van der Waals surface area (Å²) in [5.41, 5.74) is 0.856. The predicted molar refractivity (Wildman–Crippen MR) is 92.5 cm³/mol. The van der Waals surface area contributed by atoms with Crippen LogP contribution in [0.25, 0.3) is 0 Å². The van der Waals surface area contributed by atoms with E-state index in [2.05, 4.69) is 4.90 Å². The zero-order valence-electron chi connectivity index (χ0n) is 13.4. The Morgan fingerprint density at radius 2 is 1.83 bits per heavy atom. The molecule has 0 saturated carbocycles. The van der Waals surface area contributed by atoms with E-state index >= 15 is 0 Å². The first kappa shape index (κ1) is 18.2. The van der Waals surface area contributed by atoms with E-state index in [1.807, 2.05) is 23.1 Å². The van der Waals surface area contributed by atoms with Crippen molar-refractivity contribution in [2.24, 2.45) is 0 Å². The molecule has 0 atom stereocenters. The third-order valence-corrected chi connectivity index (χ3v) is 5.41. The van der Waals surface area contributed by atoms with E-state index in [4.69, 9.17) is 11.6 Å². The van der Waals surface area contributed by atoms with Crippen LogP contribution in [-0.4, -0.2) is 68.9 Å². The molecule has 0 aromatic heterocycles. The number of hydrogen-bond acceptors (Lipinski definition) is 4. The zero-order chi connectivity index (χ0) is 16.9. The lowest BCUT2D eigenvalue weighted by Crippen LogP contribution is -2.49. The molecular weight excluding hydrogens is 336 g/mol. The molecule has 2 rings (SSSR count). The summed E-state index contributed by atoms with van der Waals surface area (Å²) in [5, 5.41) is 0.625. The van der Waals surface area contributed by atoms with E-state index in [9.17, 15) is 13.2 Å². The Morgan fingerprint density at radius 1 is 1.17 bits per heavy atom. The molecule has 7 heteroatoms. The molecule has 0 aliphatic carbocycles. The molecule has 1 aromatic rings. The van der Waals surface area contributed by atoms with Gasteiger partial charge in [-0.2, -0.15) is 0 Å². The number of carbonyl (C=O) groups is 1. The van der Waals surface area contributed by atoms with Crippen LogP contribution in [0, 0.1) is 0 Å². The summed E-state index contributed by atoms with van der Waals surface area (Å²) in [5.74, 6) is 0.312. The maximum atomic E-state index is 12.3. The van der Waals surface area contributed by atoms with E-state index < -0.39 is 9.84 Å². The normalized spacial score (nSPS) is 16.5. The third kappa shape index (κ3) is 6.12. The monoisotopic (exact) mass is 358 g/mol. The van der Waals surface area contributed by atoms with Crippen molar-refractivity contribution in [2.75, 3.05) is 44.7 Å². The second kappa shape index (κ2) is 8.13. The van der Waals surface area contributed by atoms with Gasteiger partial charge in [-0.15, -0.1) is 0 Å². The molecule has 23 heavy (non-hydrogen) atoms. The van der Waals surface area contributed by atoms with Gasteiger partial charge in [0.1, 0.15) is 9.84 Å². The lowest BCUT2D eigenvalue weighted by atomic mass is 10.1. The molecule has 5 nitrogen and oxygen atoms in total. The van der Waals surface area contributed by atoms with E-state index in [0.29, 0.717) is 31.0 Å². The molecule has 1 aromatic carbocycles. The highest BCUT2D eigenvalue weighted by Crippen LogP contribution is 2.16. The van der Waals surface area contributed by atoms with Crippen molar-refractivity contribution in [1.82, 2.24) is 9.80 Å². The average Bonchev–Trinajstić information content (AvgIpc) is 2.49. The molecule has 1 heterocycles. The molecule has 0 unspecified atom stereocenters. The van der Waals surface area contributed by atoms with Crippen molar-refractivity contribution in [2.45, 2.75) is 12.8 Å². The fraction of sp³-hybridized carbons (Fsp3) is 0.562. The Hall–Kier alpha value is -1.11. The van der Waals surface area contributed by atoms with Crippen LogP contribution in [0.1, 0.15) is 12.0 Å². The number of benzene rings is 1. The summed E-state index contributed by atoms with van der Waals surface area (Å²) in [7, 11) is -2.89. The van der Waals surface area contributed by atoms with Gasteiger partial charge in [0.2, 0.25) is 5.91 Å². The quantitative estimate of drug-likeness (QED) is 0.772.